The lowest BCUT2D eigenvalue weighted by Crippen LogP contribution is -2.50. The van der Waals surface area contributed by atoms with Crippen molar-refractivity contribution in [1.82, 2.24) is 19.9 Å². The molecule has 0 saturated carbocycles. The van der Waals surface area contributed by atoms with E-state index in [4.69, 9.17) is 11.6 Å². The third-order valence-electron chi connectivity index (χ3n) is 5.45. The van der Waals surface area contributed by atoms with Crippen LogP contribution in [-0.2, 0) is 6.54 Å². The predicted molar refractivity (Wildman–Crippen MR) is 107 cm³/mol. The van der Waals surface area contributed by atoms with Crippen molar-refractivity contribution in [3.8, 4) is 0 Å². The first-order valence-electron chi connectivity index (χ1n) is 9.11. The van der Waals surface area contributed by atoms with Gasteiger partial charge < -0.3 is 9.88 Å². The van der Waals surface area contributed by atoms with Crippen LogP contribution in [-0.4, -0.2) is 46.0 Å². The molecule has 26 heavy (non-hydrogen) atoms. The Morgan fingerprint density at radius 2 is 2.04 bits per heavy atom. The Kier molecular flexibility index (Phi) is 4.83. The van der Waals surface area contributed by atoms with Gasteiger partial charge in [0, 0.05) is 32.4 Å². The molecule has 2 atom stereocenters. The molecule has 1 aliphatic heterocycles. The van der Waals surface area contributed by atoms with Crippen molar-refractivity contribution in [1.29, 1.82) is 0 Å². The Balaban J connectivity index is 1.57. The molecule has 6 heteroatoms. The molecule has 0 bridgehead atoms. The number of nitrogens with one attached hydrogen (secondary N) is 1. The van der Waals surface area contributed by atoms with E-state index in [1.165, 1.54) is 12.0 Å². The minimum atomic E-state index is 0.284. The van der Waals surface area contributed by atoms with Gasteiger partial charge in [-0.05, 0) is 42.1 Å². The SMILES string of the molecule is C[C@@H]1CCN(Cc2ccccc2)C[C@@H]1N(C)c1nc(Cl)nc2[nH]ccc12. The van der Waals surface area contributed by atoms with Gasteiger partial charge in [-0.2, -0.15) is 9.97 Å². The molecule has 1 fully saturated rings. The molecular weight excluding hydrogens is 346 g/mol. The van der Waals surface area contributed by atoms with Crippen LogP contribution in [0, 0.1) is 5.92 Å². The highest BCUT2D eigenvalue weighted by Crippen LogP contribution is 2.30. The fraction of sp³-hybridized carbons (Fsp3) is 0.400. The minimum absolute atomic E-state index is 0.284. The number of aromatic nitrogens is 3. The third kappa shape index (κ3) is 3.41. The lowest BCUT2D eigenvalue weighted by atomic mass is 9.92. The number of benzene rings is 1. The second kappa shape index (κ2) is 7.25. The number of halogens is 1. The summed E-state index contributed by atoms with van der Waals surface area (Å²) in [5.74, 6) is 1.49. The van der Waals surface area contributed by atoms with E-state index in [1.54, 1.807) is 0 Å². The van der Waals surface area contributed by atoms with Crippen molar-refractivity contribution in [3.63, 3.8) is 0 Å². The number of fused-ring (bicyclic) bond motifs is 1. The number of likely N-dealkylation sites (tertiary alicyclic amines) is 1. The van der Waals surface area contributed by atoms with Crippen molar-refractivity contribution in [2.24, 2.45) is 5.92 Å². The van der Waals surface area contributed by atoms with Crippen LogP contribution in [0.15, 0.2) is 42.6 Å². The summed E-state index contributed by atoms with van der Waals surface area (Å²) in [7, 11) is 2.12. The normalized spacial score (nSPS) is 21.2. The van der Waals surface area contributed by atoms with Gasteiger partial charge in [-0.15, -0.1) is 0 Å². The smallest absolute Gasteiger partial charge is 0.226 e. The molecule has 5 nitrogen and oxygen atoms in total. The zero-order chi connectivity index (χ0) is 18.1. The summed E-state index contributed by atoms with van der Waals surface area (Å²) < 4.78 is 0. The average molecular weight is 370 g/mol. The van der Waals surface area contributed by atoms with Crippen molar-refractivity contribution in [3.05, 3.63) is 53.4 Å². The molecule has 1 aromatic carbocycles. The maximum Gasteiger partial charge on any atom is 0.226 e. The van der Waals surface area contributed by atoms with Gasteiger partial charge in [0.15, 0.2) is 0 Å². The molecule has 0 radical (unpaired) electrons. The van der Waals surface area contributed by atoms with Crippen LogP contribution in [0.3, 0.4) is 0 Å². The Bertz CT molecular complexity index is 878. The van der Waals surface area contributed by atoms with E-state index >= 15 is 0 Å². The molecule has 1 aliphatic rings. The van der Waals surface area contributed by atoms with Crippen molar-refractivity contribution in [2.75, 3.05) is 25.0 Å². The number of hydrogen-bond acceptors (Lipinski definition) is 4. The van der Waals surface area contributed by atoms with Gasteiger partial charge in [-0.1, -0.05) is 37.3 Å². The molecule has 0 amide bonds. The summed E-state index contributed by atoms with van der Waals surface area (Å²) >= 11 is 6.16. The second-order valence-corrected chi connectivity index (χ2v) is 7.56. The van der Waals surface area contributed by atoms with E-state index in [9.17, 15) is 0 Å². The van der Waals surface area contributed by atoms with E-state index in [2.05, 4.69) is 69.1 Å². The van der Waals surface area contributed by atoms with Crippen LogP contribution in [0.2, 0.25) is 5.28 Å². The molecule has 1 saturated heterocycles. The topological polar surface area (TPSA) is 48.1 Å². The number of nitrogens with zero attached hydrogens (tertiary/aromatic N) is 4. The maximum atomic E-state index is 6.16. The molecule has 2 aromatic heterocycles. The van der Waals surface area contributed by atoms with Crippen LogP contribution in [0.4, 0.5) is 5.82 Å². The fourth-order valence-electron chi connectivity index (χ4n) is 3.93. The Morgan fingerprint density at radius 3 is 2.85 bits per heavy atom. The standard InChI is InChI=1S/C20H24ClN5/c1-14-9-11-26(12-15-6-4-3-5-7-15)13-17(14)25(2)19-16-8-10-22-18(16)23-20(21)24-19/h3-8,10,14,17H,9,11-13H2,1-2H3,(H,22,23,24)/t14-,17+/m1/s1. The minimum Gasteiger partial charge on any atom is -0.354 e. The fourth-order valence-corrected chi connectivity index (χ4v) is 4.09. The van der Waals surface area contributed by atoms with Crippen molar-refractivity contribution in [2.45, 2.75) is 25.9 Å². The second-order valence-electron chi connectivity index (χ2n) is 7.22. The Morgan fingerprint density at radius 1 is 1.23 bits per heavy atom. The molecule has 1 N–H and O–H groups in total. The average Bonchev–Trinajstić information content (AvgIpc) is 3.11. The summed E-state index contributed by atoms with van der Waals surface area (Å²) in [5, 5.41) is 1.30. The highest BCUT2D eigenvalue weighted by Gasteiger charge is 2.31. The number of piperidine rings is 1. The number of hydrogen-bond donors (Lipinski definition) is 1. The van der Waals surface area contributed by atoms with E-state index in [0.717, 1.165) is 36.5 Å². The van der Waals surface area contributed by atoms with Crippen LogP contribution in [0.5, 0.6) is 0 Å². The number of anilines is 1. The first kappa shape index (κ1) is 17.3. The van der Waals surface area contributed by atoms with Crippen molar-refractivity contribution >= 4 is 28.5 Å². The summed E-state index contributed by atoms with van der Waals surface area (Å²) in [6, 6.07) is 13.1. The molecule has 136 valence electrons. The van der Waals surface area contributed by atoms with Crippen LogP contribution in [0.1, 0.15) is 18.9 Å². The summed E-state index contributed by atoms with van der Waals surface area (Å²) in [4.78, 5) is 16.8. The van der Waals surface area contributed by atoms with Gasteiger partial charge in [0.2, 0.25) is 5.28 Å². The van der Waals surface area contributed by atoms with Gasteiger partial charge in [0.05, 0.1) is 5.39 Å². The Labute approximate surface area is 159 Å². The first-order chi connectivity index (χ1) is 12.6. The van der Waals surface area contributed by atoms with Crippen molar-refractivity contribution < 1.29 is 0 Å². The molecule has 4 rings (SSSR count). The lowest BCUT2D eigenvalue weighted by molar-refractivity contribution is 0.159. The number of aromatic amines is 1. The lowest BCUT2D eigenvalue weighted by Gasteiger charge is -2.42. The predicted octanol–water partition coefficient (Wildman–Crippen LogP) is 3.96. The van der Waals surface area contributed by atoms with Gasteiger partial charge in [0.1, 0.15) is 11.5 Å². The molecule has 0 spiro atoms. The van der Waals surface area contributed by atoms with Gasteiger partial charge >= 0.3 is 0 Å². The maximum absolute atomic E-state index is 6.16. The number of rotatable bonds is 4. The van der Waals surface area contributed by atoms with E-state index in [0.29, 0.717) is 12.0 Å². The third-order valence-corrected chi connectivity index (χ3v) is 5.62. The zero-order valence-corrected chi connectivity index (χ0v) is 15.9. The summed E-state index contributed by atoms with van der Waals surface area (Å²) in [5.41, 5.74) is 2.15. The van der Waals surface area contributed by atoms with Crippen LogP contribution < -0.4 is 4.90 Å². The number of likely N-dealkylation sites (N-methyl/N-ethyl adjacent to an activating group) is 1. The highest BCUT2D eigenvalue weighted by atomic mass is 35.5. The van der Waals surface area contributed by atoms with Gasteiger partial charge in [0.25, 0.3) is 0 Å². The largest absolute Gasteiger partial charge is 0.354 e. The van der Waals surface area contributed by atoms with Crippen LogP contribution >= 0.6 is 11.6 Å². The monoisotopic (exact) mass is 369 g/mol. The molecule has 0 aliphatic carbocycles. The van der Waals surface area contributed by atoms with E-state index in [1.807, 2.05) is 12.3 Å². The molecule has 3 aromatic rings. The van der Waals surface area contributed by atoms with Crippen LogP contribution in [0.25, 0.3) is 11.0 Å². The summed E-state index contributed by atoms with van der Waals surface area (Å²) in [6.07, 6.45) is 3.07. The zero-order valence-electron chi connectivity index (χ0n) is 15.2. The highest BCUT2D eigenvalue weighted by molar-refractivity contribution is 6.28. The van der Waals surface area contributed by atoms with Gasteiger partial charge in [-0.25, -0.2) is 0 Å². The first-order valence-corrected chi connectivity index (χ1v) is 9.49. The molecule has 0 unspecified atom stereocenters. The Hall–Kier alpha value is -2.11. The van der Waals surface area contributed by atoms with Gasteiger partial charge in [-0.3, -0.25) is 4.90 Å². The quantitative estimate of drug-likeness (QED) is 0.707. The number of H-pyrrole nitrogens is 1. The van der Waals surface area contributed by atoms with E-state index in [-0.39, 0.29) is 5.28 Å². The van der Waals surface area contributed by atoms with E-state index < -0.39 is 0 Å². The molecule has 3 heterocycles. The summed E-state index contributed by atoms with van der Waals surface area (Å²) in [6.45, 7) is 5.46. The molecular formula is C20H24ClN5.